The number of aromatic nitrogens is 1. The highest BCUT2D eigenvalue weighted by Gasteiger charge is 2.38. The second kappa shape index (κ2) is 12.4. The van der Waals surface area contributed by atoms with Gasteiger partial charge in [-0.2, -0.15) is 13.2 Å². The number of phenols is 1. The van der Waals surface area contributed by atoms with E-state index in [2.05, 4.69) is 10.3 Å². The second-order valence-corrected chi connectivity index (χ2v) is 8.94. The number of nitrogens with two attached hydrogens (primary N) is 2. The van der Waals surface area contributed by atoms with Gasteiger partial charge in [-0.15, -0.1) is 0 Å². The number of fused-ring (bicyclic) bond motifs is 1. The largest absolute Gasteiger partial charge is 0.508 e. The molecule has 2 aromatic carbocycles. The number of aliphatic carboxylic acids is 1. The average molecular weight is 548 g/mol. The highest BCUT2D eigenvalue weighted by atomic mass is 19.4. The Kier molecular flexibility index (Phi) is 9.30. The summed E-state index contributed by atoms with van der Waals surface area (Å²) in [4.78, 5) is 40.4. The molecule has 4 rings (SSSR count). The van der Waals surface area contributed by atoms with Gasteiger partial charge < -0.3 is 31.9 Å². The molecule has 0 radical (unpaired) electrons. The van der Waals surface area contributed by atoms with Crippen LogP contribution in [0.1, 0.15) is 24.0 Å². The number of rotatable bonds is 6. The third kappa shape index (κ3) is 7.80. The maximum atomic E-state index is 12.9. The molecule has 0 spiro atoms. The first-order chi connectivity index (χ1) is 18.4. The zero-order valence-corrected chi connectivity index (χ0v) is 20.7. The Labute approximate surface area is 221 Å². The number of alkyl halides is 3. The molecule has 1 aliphatic rings. The Morgan fingerprint density at radius 1 is 1.10 bits per heavy atom. The van der Waals surface area contributed by atoms with Crippen LogP contribution >= 0.6 is 0 Å². The van der Waals surface area contributed by atoms with Gasteiger partial charge in [0.25, 0.3) is 0 Å². The molecule has 1 saturated heterocycles. The Bertz CT molecular complexity index is 1330. The number of hydrogen-bond acceptors (Lipinski definition) is 7. The van der Waals surface area contributed by atoms with Gasteiger partial charge in [0.2, 0.25) is 11.8 Å². The number of halogens is 3. The van der Waals surface area contributed by atoms with E-state index in [1.807, 2.05) is 24.3 Å². The molecule has 10 nitrogen and oxygen atoms in total. The minimum atomic E-state index is -5.08. The molecule has 2 heterocycles. The van der Waals surface area contributed by atoms with Crippen LogP contribution in [0.5, 0.6) is 5.75 Å². The third-order valence-electron chi connectivity index (χ3n) is 6.12. The SMILES string of the molecule is Nc1nccc2cc(CNC(=O)[C@@H]3CCCN3C(=O)C(N)Cc3ccc(O)cc3)ccc12.O=C(O)C(F)(F)F. The fourth-order valence-electron chi connectivity index (χ4n) is 4.16. The normalized spacial score (nSPS) is 15.8. The summed E-state index contributed by atoms with van der Waals surface area (Å²) >= 11 is 0. The Hall–Kier alpha value is -4.39. The lowest BCUT2D eigenvalue weighted by molar-refractivity contribution is -0.192. The summed E-state index contributed by atoms with van der Waals surface area (Å²) in [5, 5.41) is 21.3. The molecular formula is C26H28F3N5O5. The zero-order valence-electron chi connectivity index (χ0n) is 20.7. The highest BCUT2D eigenvalue weighted by Crippen LogP contribution is 2.22. The molecule has 0 bridgehead atoms. The first-order valence-electron chi connectivity index (χ1n) is 11.9. The van der Waals surface area contributed by atoms with E-state index >= 15 is 0 Å². The van der Waals surface area contributed by atoms with Gasteiger partial charge in [-0.3, -0.25) is 9.59 Å². The Balaban J connectivity index is 0.000000532. The van der Waals surface area contributed by atoms with E-state index in [0.717, 1.165) is 28.3 Å². The van der Waals surface area contributed by atoms with Crippen molar-refractivity contribution in [2.75, 3.05) is 12.3 Å². The van der Waals surface area contributed by atoms with Gasteiger partial charge in [-0.1, -0.05) is 24.3 Å². The lowest BCUT2D eigenvalue weighted by Crippen LogP contribution is -2.51. The van der Waals surface area contributed by atoms with Crippen molar-refractivity contribution >= 4 is 34.4 Å². The molecule has 0 aliphatic carbocycles. The fourth-order valence-corrected chi connectivity index (χ4v) is 4.16. The number of anilines is 1. The number of amides is 2. The summed E-state index contributed by atoms with van der Waals surface area (Å²) in [6, 6.07) is 13.0. The van der Waals surface area contributed by atoms with Gasteiger partial charge in [0.1, 0.15) is 17.6 Å². The molecule has 13 heteroatoms. The fraction of sp³-hybridized carbons (Fsp3) is 0.308. The molecule has 2 atom stereocenters. The van der Waals surface area contributed by atoms with Crippen molar-refractivity contribution in [1.82, 2.24) is 15.2 Å². The topological polar surface area (TPSA) is 172 Å². The number of carboxylic acids is 1. The van der Waals surface area contributed by atoms with E-state index in [4.69, 9.17) is 21.4 Å². The number of aromatic hydroxyl groups is 1. The Morgan fingerprint density at radius 2 is 1.74 bits per heavy atom. The molecule has 7 N–H and O–H groups in total. The van der Waals surface area contributed by atoms with Crippen molar-refractivity contribution in [2.45, 2.75) is 44.1 Å². The number of pyridine rings is 1. The van der Waals surface area contributed by atoms with E-state index in [1.165, 1.54) is 0 Å². The maximum absolute atomic E-state index is 12.9. The number of carboxylic acid groups (broad SMARTS) is 1. The van der Waals surface area contributed by atoms with Crippen LogP contribution in [0.4, 0.5) is 19.0 Å². The molecular weight excluding hydrogens is 519 g/mol. The number of nitrogens with zero attached hydrogens (tertiary/aromatic N) is 2. The van der Waals surface area contributed by atoms with Crippen LogP contribution in [0.2, 0.25) is 0 Å². The van der Waals surface area contributed by atoms with Crippen LogP contribution in [0.25, 0.3) is 10.8 Å². The minimum Gasteiger partial charge on any atom is -0.508 e. The summed E-state index contributed by atoms with van der Waals surface area (Å²) in [5.74, 6) is -2.53. The van der Waals surface area contributed by atoms with Crippen LogP contribution in [0, 0.1) is 0 Å². The quantitative estimate of drug-likeness (QED) is 0.313. The second-order valence-electron chi connectivity index (χ2n) is 8.94. The van der Waals surface area contributed by atoms with Crippen LogP contribution in [0.3, 0.4) is 0 Å². The van der Waals surface area contributed by atoms with Crippen molar-refractivity contribution in [1.29, 1.82) is 0 Å². The van der Waals surface area contributed by atoms with Crippen molar-refractivity contribution in [3.63, 3.8) is 0 Å². The van der Waals surface area contributed by atoms with Gasteiger partial charge >= 0.3 is 12.1 Å². The predicted molar refractivity (Wildman–Crippen MR) is 136 cm³/mol. The van der Waals surface area contributed by atoms with Gasteiger partial charge in [0, 0.05) is 24.7 Å². The number of nitrogens with one attached hydrogen (secondary N) is 1. The molecule has 1 aliphatic heterocycles. The molecule has 2 amide bonds. The van der Waals surface area contributed by atoms with Gasteiger partial charge in [0.15, 0.2) is 0 Å². The summed E-state index contributed by atoms with van der Waals surface area (Å²) in [6.07, 6.45) is -1.70. The summed E-state index contributed by atoms with van der Waals surface area (Å²) in [5.41, 5.74) is 13.9. The lowest BCUT2D eigenvalue weighted by atomic mass is 10.0. The van der Waals surface area contributed by atoms with Crippen molar-refractivity contribution in [3.05, 3.63) is 65.9 Å². The molecule has 1 aromatic heterocycles. The summed E-state index contributed by atoms with van der Waals surface area (Å²) in [7, 11) is 0. The van der Waals surface area contributed by atoms with E-state index in [-0.39, 0.29) is 17.6 Å². The number of benzene rings is 2. The molecule has 1 unspecified atom stereocenters. The van der Waals surface area contributed by atoms with Crippen LogP contribution in [-0.2, 0) is 27.3 Å². The van der Waals surface area contributed by atoms with Crippen LogP contribution in [0.15, 0.2) is 54.7 Å². The standard InChI is InChI=1S/C24H27N5O3.C2HF3O2/c25-20(13-15-3-6-18(30)7-4-15)24(32)29-11-1-2-21(29)23(31)28-14-16-5-8-19-17(12-16)9-10-27-22(19)26;3-2(4,5)1(6)7/h3-10,12,20-21,30H,1-2,11,13-14,25H2,(H2,26,27)(H,28,31);(H,6,7)/t20?,21-;/m0./s1. The van der Waals surface area contributed by atoms with Gasteiger partial charge in [0.05, 0.1) is 6.04 Å². The molecule has 39 heavy (non-hydrogen) atoms. The summed E-state index contributed by atoms with van der Waals surface area (Å²) < 4.78 is 31.7. The van der Waals surface area contributed by atoms with E-state index in [9.17, 15) is 27.9 Å². The highest BCUT2D eigenvalue weighted by molar-refractivity contribution is 5.92. The van der Waals surface area contributed by atoms with Crippen LogP contribution < -0.4 is 16.8 Å². The summed E-state index contributed by atoms with van der Waals surface area (Å²) in [6.45, 7) is 0.873. The average Bonchev–Trinajstić information content (AvgIpc) is 3.38. The number of likely N-dealkylation sites (tertiary alicyclic amines) is 1. The van der Waals surface area contributed by atoms with Crippen molar-refractivity contribution in [3.8, 4) is 5.75 Å². The zero-order chi connectivity index (χ0) is 28.7. The minimum absolute atomic E-state index is 0.163. The van der Waals surface area contributed by atoms with E-state index < -0.39 is 24.2 Å². The molecule has 1 fully saturated rings. The number of nitrogen functional groups attached to an aromatic ring is 1. The molecule has 3 aromatic rings. The van der Waals surface area contributed by atoms with Crippen LogP contribution in [-0.4, -0.2) is 62.7 Å². The predicted octanol–water partition coefficient (Wildman–Crippen LogP) is 2.33. The van der Waals surface area contributed by atoms with Gasteiger partial charge in [-0.25, -0.2) is 9.78 Å². The number of phenolic OH excluding ortho intramolecular Hbond substituents is 1. The first-order valence-corrected chi connectivity index (χ1v) is 11.9. The number of hydrogen-bond donors (Lipinski definition) is 5. The number of carbonyl (C=O) groups excluding carboxylic acids is 2. The number of carbonyl (C=O) groups is 3. The smallest absolute Gasteiger partial charge is 0.490 e. The first kappa shape index (κ1) is 29.2. The maximum Gasteiger partial charge on any atom is 0.490 e. The monoisotopic (exact) mass is 547 g/mol. The molecule has 0 saturated carbocycles. The Morgan fingerprint density at radius 3 is 2.38 bits per heavy atom. The van der Waals surface area contributed by atoms with Gasteiger partial charge in [-0.05, 0) is 60.0 Å². The van der Waals surface area contributed by atoms with E-state index in [1.54, 1.807) is 35.4 Å². The third-order valence-corrected chi connectivity index (χ3v) is 6.12. The van der Waals surface area contributed by atoms with Crippen molar-refractivity contribution < 1.29 is 37.8 Å². The molecule has 208 valence electrons. The van der Waals surface area contributed by atoms with E-state index in [0.29, 0.717) is 31.7 Å². The van der Waals surface area contributed by atoms with Crippen molar-refractivity contribution in [2.24, 2.45) is 5.73 Å². The lowest BCUT2D eigenvalue weighted by Gasteiger charge is -2.27.